The van der Waals surface area contributed by atoms with Crippen LogP contribution < -0.4 is 9.84 Å². The molecule has 5 heteroatoms. The molecule has 0 aliphatic rings. The number of aliphatic carboxylic acids is 1. The summed E-state index contributed by atoms with van der Waals surface area (Å²) >= 11 is 0. The number of methoxy groups -OCH3 is 1. The maximum atomic E-state index is 12.0. The van der Waals surface area contributed by atoms with Gasteiger partial charge in [-0.2, -0.15) is 0 Å². The summed E-state index contributed by atoms with van der Waals surface area (Å²) in [6.07, 6.45) is 0.00486. The van der Waals surface area contributed by atoms with Gasteiger partial charge in [0, 0.05) is 12.0 Å². The molecule has 0 bridgehead atoms. The van der Waals surface area contributed by atoms with Crippen molar-refractivity contribution in [2.24, 2.45) is 4.99 Å². The van der Waals surface area contributed by atoms with E-state index in [1.807, 2.05) is 0 Å². The number of rotatable bonds is 5. The van der Waals surface area contributed by atoms with Crippen molar-refractivity contribution in [1.82, 2.24) is 0 Å². The van der Waals surface area contributed by atoms with E-state index in [1.54, 1.807) is 61.7 Å². The Kier molecular flexibility index (Phi) is 5.03. The molecule has 0 aliphatic carbocycles. The number of carboxylic acids is 1. The summed E-state index contributed by atoms with van der Waals surface area (Å²) in [4.78, 5) is 26.8. The molecular weight excluding hydrogens is 282 g/mol. The van der Waals surface area contributed by atoms with Crippen LogP contribution in [0, 0.1) is 0 Å². The molecule has 0 aromatic heterocycles. The van der Waals surface area contributed by atoms with Crippen molar-refractivity contribution >= 4 is 17.6 Å². The largest absolute Gasteiger partial charge is 0.543 e. The third-order valence-electron chi connectivity index (χ3n) is 3.02. The summed E-state index contributed by atoms with van der Waals surface area (Å²) < 4.78 is 5.03. The van der Waals surface area contributed by atoms with Gasteiger partial charge in [-0.15, -0.1) is 0 Å². The summed E-state index contributed by atoms with van der Waals surface area (Å²) in [6, 6.07) is 15.1. The minimum absolute atomic E-state index is 0.00486. The van der Waals surface area contributed by atoms with Gasteiger partial charge in [0.2, 0.25) is 0 Å². The molecule has 2 aromatic carbocycles. The van der Waals surface area contributed by atoms with Gasteiger partial charge in [-0.1, -0.05) is 30.3 Å². The summed E-state index contributed by atoms with van der Waals surface area (Å²) in [5.41, 5.74) is 0.722. The highest BCUT2D eigenvalue weighted by molar-refractivity contribution is 6.37. The number of nitrogens with zero attached hydrogens (tertiary/aromatic N) is 1. The lowest BCUT2D eigenvalue weighted by atomic mass is 10.1. The fraction of sp³-hybridized carbons (Fsp3) is 0.118. The van der Waals surface area contributed by atoms with Crippen molar-refractivity contribution in [3.8, 4) is 5.75 Å². The average molecular weight is 296 g/mol. The zero-order valence-corrected chi connectivity index (χ0v) is 12.0. The lowest BCUT2D eigenvalue weighted by molar-refractivity contribution is -0.294. The predicted molar refractivity (Wildman–Crippen MR) is 79.9 cm³/mol. The van der Waals surface area contributed by atoms with E-state index >= 15 is 0 Å². The smallest absolute Gasteiger partial charge is 0.277 e. The van der Waals surface area contributed by atoms with Gasteiger partial charge in [0.05, 0.1) is 18.8 Å². The first-order chi connectivity index (χ1) is 10.6. The Labute approximate surface area is 127 Å². The molecular formula is C17H14NO4-. The second-order valence-electron chi connectivity index (χ2n) is 4.54. The molecule has 112 valence electrons. The molecule has 0 spiro atoms. The van der Waals surface area contributed by atoms with Gasteiger partial charge in [-0.3, -0.25) is 4.79 Å². The molecule has 0 heterocycles. The Balaban J connectivity index is 2.20. The molecule has 0 radical (unpaired) electrons. The van der Waals surface area contributed by atoms with E-state index in [2.05, 4.69) is 4.99 Å². The van der Waals surface area contributed by atoms with Gasteiger partial charge in [-0.05, 0) is 29.8 Å². The second kappa shape index (κ2) is 7.17. The van der Waals surface area contributed by atoms with Crippen LogP contribution >= 0.6 is 0 Å². The predicted octanol–water partition coefficient (Wildman–Crippen LogP) is 1.27. The van der Waals surface area contributed by atoms with Crippen LogP contribution in [0.15, 0.2) is 59.6 Å². The van der Waals surface area contributed by atoms with Crippen molar-refractivity contribution in [3.63, 3.8) is 0 Å². The number of aliphatic imine (C=N–C) groups is 1. The Bertz CT molecular complexity index is 690. The van der Waals surface area contributed by atoms with Crippen LogP contribution in [-0.4, -0.2) is 24.7 Å². The molecule has 0 aliphatic heterocycles. The van der Waals surface area contributed by atoms with Crippen LogP contribution in [-0.2, 0) is 11.2 Å². The molecule has 1 amide bonds. The first-order valence-corrected chi connectivity index (χ1v) is 6.61. The highest BCUT2D eigenvalue weighted by Gasteiger charge is 2.09. The van der Waals surface area contributed by atoms with Gasteiger partial charge in [-0.25, -0.2) is 4.99 Å². The Hall–Kier alpha value is -2.95. The quantitative estimate of drug-likeness (QED) is 0.778. The number of ether oxygens (including phenoxy) is 1. The van der Waals surface area contributed by atoms with Crippen LogP contribution in [0.5, 0.6) is 5.75 Å². The molecule has 0 unspecified atom stereocenters. The van der Waals surface area contributed by atoms with Crippen molar-refractivity contribution in [1.29, 1.82) is 0 Å². The number of carboxylic acid groups (broad SMARTS) is 1. The van der Waals surface area contributed by atoms with Gasteiger partial charge in [0.15, 0.2) is 0 Å². The number of carbonyl (C=O) groups excluding carboxylic acids is 2. The normalized spacial score (nSPS) is 11.0. The Morgan fingerprint density at radius 1 is 1.05 bits per heavy atom. The van der Waals surface area contributed by atoms with E-state index in [4.69, 9.17) is 4.74 Å². The summed E-state index contributed by atoms with van der Waals surface area (Å²) in [6.45, 7) is 0. The summed E-state index contributed by atoms with van der Waals surface area (Å²) in [5, 5.41) is 11.2. The standard InChI is InChI=1S/C17H15NO4/c1-22-14-9-7-12(8-10-14)11-15(17(20)21)18-16(19)13-5-3-2-4-6-13/h2-10H,11H2,1H3,(H,20,21)/p-1. The fourth-order valence-corrected chi connectivity index (χ4v) is 1.86. The molecule has 0 atom stereocenters. The molecule has 2 rings (SSSR count). The molecule has 0 saturated heterocycles. The van der Waals surface area contributed by atoms with E-state index < -0.39 is 11.9 Å². The average Bonchev–Trinajstić information content (AvgIpc) is 2.55. The van der Waals surface area contributed by atoms with Crippen molar-refractivity contribution in [2.45, 2.75) is 6.42 Å². The van der Waals surface area contributed by atoms with Crippen LogP contribution in [0.2, 0.25) is 0 Å². The SMILES string of the molecule is COc1ccc(CC(=NC(=O)c2ccccc2)C(=O)[O-])cc1. The van der Waals surface area contributed by atoms with Gasteiger partial charge >= 0.3 is 0 Å². The van der Waals surface area contributed by atoms with Gasteiger partial charge in [0.25, 0.3) is 5.91 Å². The molecule has 0 fully saturated rings. The first kappa shape index (κ1) is 15.4. The van der Waals surface area contributed by atoms with E-state index in [0.29, 0.717) is 16.9 Å². The number of hydrogen-bond donors (Lipinski definition) is 0. The minimum Gasteiger partial charge on any atom is -0.543 e. The fourth-order valence-electron chi connectivity index (χ4n) is 1.86. The van der Waals surface area contributed by atoms with Crippen LogP contribution in [0.25, 0.3) is 0 Å². The zero-order chi connectivity index (χ0) is 15.9. The van der Waals surface area contributed by atoms with E-state index in [0.717, 1.165) is 0 Å². The van der Waals surface area contributed by atoms with Gasteiger partial charge in [0.1, 0.15) is 5.75 Å². The van der Waals surface area contributed by atoms with E-state index in [-0.39, 0.29) is 12.1 Å². The lowest BCUT2D eigenvalue weighted by Crippen LogP contribution is -2.33. The number of hydrogen-bond acceptors (Lipinski definition) is 4. The van der Waals surface area contributed by atoms with E-state index in [9.17, 15) is 14.7 Å². The summed E-state index contributed by atoms with van der Waals surface area (Å²) in [5.74, 6) is -1.40. The third kappa shape index (κ3) is 4.02. The number of amides is 1. The van der Waals surface area contributed by atoms with Gasteiger partial charge < -0.3 is 14.6 Å². The third-order valence-corrected chi connectivity index (χ3v) is 3.02. The summed E-state index contributed by atoms with van der Waals surface area (Å²) in [7, 11) is 1.54. The Morgan fingerprint density at radius 2 is 1.68 bits per heavy atom. The molecule has 2 aromatic rings. The molecule has 0 N–H and O–H groups in total. The molecule has 0 saturated carbocycles. The van der Waals surface area contributed by atoms with Crippen LogP contribution in [0.4, 0.5) is 0 Å². The van der Waals surface area contributed by atoms with Crippen molar-refractivity contribution in [3.05, 3.63) is 65.7 Å². The zero-order valence-electron chi connectivity index (χ0n) is 12.0. The van der Waals surface area contributed by atoms with E-state index in [1.165, 1.54) is 0 Å². The monoisotopic (exact) mass is 296 g/mol. The minimum atomic E-state index is -1.46. The maximum Gasteiger partial charge on any atom is 0.277 e. The highest BCUT2D eigenvalue weighted by atomic mass is 16.5. The second-order valence-corrected chi connectivity index (χ2v) is 4.54. The number of carbonyl (C=O) groups is 2. The van der Waals surface area contributed by atoms with Crippen molar-refractivity contribution in [2.75, 3.05) is 7.11 Å². The Morgan fingerprint density at radius 3 is 2.23 bits per heavy atom. The van der Waals surface area contributed by atoms with Crippen LogP contribution in [0.3, 0.4) is 0 Å². The maximum absolute atomic E-state index is 12.0. The molecule has 5 nitrogen and oxygen atoms in total. The first-order valence-electron chi connectivity index (χ1n) is 6.61. The molecule has 22 heavy (non-hydrogen) atoms. The van der Waals surface area contributed by atoms with Crippen molar-refractivity contribution < 1.29 is 19.4 Å². The lowest BCUT2D eigenvalue weighted by Gasteiger charge is -2.08. The topological polar surface area (TPSA) is 78.8 Å². The number of benzene rings is 2. The highest BCUT2D eigenvalue weighted by Crippen LogP contribution is 2.12. The van der Waals surface area contributed by atoms with Crippen LogP contribution in [0.1, 0.15) is 15.9 Å².